The molecule has 0 atom stereocenters. The minimum atomic E-state index is -0.256. The molecule has 1 aromatic heterocycles. The summed E-state index contributed by atoms with van der Waals surface area (Å²) in [6.45, 7) is 5.33. The van der Waals surface area contributed by atoms with Crippen LogP contribution in [0.25, 0.3) is 0 Å². The number of nitrogens with zero attached hydrogens (tertiary/aromatic N) is 4. The zero-order valence-corrected chi connectivity index (χ0v) is 15.6. The number of imidazole rings is 1. The van der Waals surface area contributed by atoms with Gasteiger partial charge in [-0.3, -0.25) is 0 Å². The van der Waals surface area contributed by atoms with Gasteiger partial charge >= 0.3 is 6.09 Å². The summed E-state index contributed by atoms with van der Waals surface area (Å²) in [6, 6.07) is 10.0. The number of thiocarbonyl (C=S) groups is 1. The van der Waals surface area contributed by atoms with E-state index >= 15 is 0 Å². The van der Waals surface area contributed by atoms with Crippen LogP contribution in [0.2, 0.25) is 0 Å². The van der Waals surface area contributed by atoms with Crippen molar-refractivity contribution in [2.45, 2.75) is 13.5 Å². The van der Waals surface area contributed by atoms with Crippen molar-refractivity contribution in [3.05, 3.63) is 48.5 Å². The fourth-order valence-electron chi connectivity index (χ4n) is 2.88. The van der Waals surface area contributed by atoms with E-state index in [1.165, 1.54) is 0 Å². The molecule has 26 heavy (non-hydrogen) atoms. The van der Waals surface area contributed by atoms with Crippen molar-refractivity contribution < 1.29 is 9.53 Å². The molecule has 8 heteroatoms. The predicted molar refractivity (Wildman–Crippen MR) is 104 cm³/mol. The Morgan fingerprint density at radius 1 is 1.23 bits per heavy atom. The Hall–Kier alpha value is -2.61. The topological polar surface area (TPSA) is 64.7 Å². The molecule has 1 fully saturated rings. The summed E-state index contributed by atoms with van der Waals surface area (Å²) >= 11 is 5.78. The summed E-state index contributed by atoms with van der Waals surface area (Å²) in [6.07, 6.45) is 3.29. The number of hydrogen-bond donors (Lipinski definition) is 1. The molecule has 7 nitrogen and oxygen atoms in total. The molecule has 1 saturated heterocycles. The molecule has 1 aliphatic rings. The molecular weight excluding hydrogens is 350 g/mol. The second kappa shape index (κ2) is 8.66. The van der Waals surface area contributed by atoms with Gasteiger partial charge in [-0.1, -0.05) is 18.2 Å². The molecular formula is C18H23N5O2S. The van der Waals surface area contributed by atoms with Crippen molar-refractivity contribution in [3.8, 4) is 0 Å². The maximum absolute atomic E-state index is 11.9. The molecule has 0 spiro atoms. The van der Waals surface area contributed by atoms with Crippen LogP contribution in [0.4, 0.5) is 10.5 Å². The molecule has 1 aliphatic heterocycles. The number of hydrogen-bond acceptors (Lipinski definition) is 4. The highest BCUT2D eigenvalue weighted by molar-refractivity contribution is 7.80. The summed E-state index contributed by atoms with van der Waals surface area (Å²) in [5.41, 5.74) is 1.02. The van der Waals surface area contributed by atoms with Crippen LogP contribution in [0.5, 0.6) is 0 Å². The van der Waals surface area contributed by atoms with E-state index < -0.39 is 0 Å². The molecule has 0 aliphatic carbocycles. The second-order valence-electron chi connectivity index (χ2n) is 5.91. The number of anilines is 1. The number of carbonyl (C=O) groups excluding carboxylic acids is 1. The highest BCUT2D eigenvalue weighted by Crippen LogP contribution is 2.19. The third-order valence-electron chi connectivity index (χ3n) is 4.24. The molecule has 1 aromatic carbocycles. The number of aromatic amines is 1. The number of carbonyl (C=O) groups is 1. The molecule has 2 aromatic rings. The molecule has 0 saturated carbocycles. The Labute approximate surface area is 158 Å². The lowest BCUT2D eigenvalue weighted by Gasteiger charge is -2.39. The molecule has 2 heterocycles. The van der Waals surface area contributed by atoms with Gasteiger partial charge in [-0.05, 0) is 31.3 Å². The number of para-hydroxylation sites is 1. The van der Waals surface area contributed by atoms with Gasteiger partial charge in [-0.2, -0.15) is 0 Å². The van der Waals surface area contributed by atoms with Gasteiger partial charge in [0.05, 0.1) is 13.2 Å². The lowest BCUT2D eigenvalue weighted by molar-refractivity contribution is 0.0921. The van der Waals surface area contributed by atoms with E-state index in [1.54, 1.807) is 17.3 Å². The molecule has 0 radical (unpaired) electrons. The summed E-state index contributed by atoms with van der Waals surface area (Å²) in [7, 11) is 0. The molecule has 0 bridgehead atoms. The summed E-state index contributed by atoms with van der Waals surface area (Å²) < 4.78 is 5.08. The van der Waals surface area contributed by atoms with Gasteiger partial charge in [0.1, 0.15) is 5.82 Å². The average Bonchev–Trinajstić information content (AvgIpc) is 3.20. The largest absolute Gasteiger partial charge is 0.450 e. The molecule has 3 rings (SSSR count). The van der Waals surface area contributed by atoms with Crippen LogP contribution in [0, 0.1) is 0 Å². The van der Waals surface area contributed by atoms with Crippen LogP contribution in [0.1, 0.15) is 12.7 Å². The van der Waals surface area contributed by atoms with E-state index in [-0.39, 0.29) is 6.09 Å². The number of ether oxygens (including phenoxy) is 1. The standard InChI is InChI=1S/C18H23N5O2S/c1-2-25-18(24)22-12-10-21(11-13-22)17(26)23(14-16-19-8-9-20-16)15-6-4-3-5-7-15/h3-9H,2,10-14H2,1H3,(H,19,20). The van der Waals surface area contributed by atoms with Crippen LogP contribution in [-0.2, 0) is 11.3 Å². The molecule has 138 valence electrons. The van der Waals surface area contributed by atoms with E-state index in [1.807, 2.05) is 37.3 Å². The van der Waals surface area contributed by atoms with Crippen molar-refractivity contribution in [2.75, 3.05) is 37.7 Å². The van der Waals surface area contributed by atoms with Crippen molar-refractivity contribution in [1.82, 2.24) is 19.8 Å². The molecule has 1 amide bonds. The van der Waals surface area contributed by atoms with E-state index in [0.29, 0.717) is 39.3 Å². The number of H-pyrrole nitrogens is 1. The summed E-state index contributed by atoms with van der Waals surface area (Å²) in [5.74, 6) is 0.848. The Morgan fingerprint density at radius 3 is 2.54 bits per heavy atom. The van der Waals surface area contributed by atoms with Crippen molar-refractivity contribution in [2.24, 2.45) is 0 Å². The van der Waals surface area contributed by atoms with Crippen LogP contribution in [-0.4, -0.2) is 63.8 Å². The third kappa shape index (κ3) is 4.32. The fraction of sp³-hybridized carbons (Fsp3) is 0.389. The first kappa shape index (κ1) is 18.2. The van der Waals surface area contributed by atoms with Crippen molar-refractivity contribution >= 4 is 29.1 Å². The van der Waals surface area contributed by atoms with Gasteiger partial charge in [0.2, 0.25) is 0 Å². The normalized spacial score (nSPS) is 14.2. The van der Waals surface area contributed by atoms with Crippen molar-refractivity contribution in [3.63, 3.8) is 0 Å². The van der Waals surface area contributed by atoms with Crippen LogP contribution >= 0.6 is 12.2 Å². The van der Waals surface area contributed by atoms with Crippen molar-refractivity contribution in [1.29, 1.82) is 0 Å². The zero-order chi connectivity index (χ0) is 18.4. The third-order valence-corrected chi connectivity index (χ3v) is 4.72. The lowest BCUT2D eigenvalue weighted by Crippen LogP contribution is -2.54. The monoisotopic (exact) mass is 373 g/mol. The van der Waals surface area contributed by atoms with Crippen LogP contribution < -0.4 is 4.90 Å². The Morgan fingerprint density at radius 2 is 1.92 bits per heavy atom. The van der Waals surface area contributed by atoms with Gasteiger partial charge in [0.15, 0.2) is 5.11 Å². The highest BCUT2D eigenvalue weighted by atomic mass is 32.1. The van der Waals surface area contributed by atoms with Gasteiger partial charge in [-0.25, -0.2) is 9.78 Å². The van der Waals surface area contributed by atoms with Gasteiger partial charge in [0, 0.05) is 44.3 Å². The zero-order valence-electron chi connectivity index (χ0n) is 14.8. The first-order valence-corrected chi connectivity index (χ1v) is 9.11. The second-order valence-corrected chi connectivity index (χ2v) is 6.28. The van der Waals surface area contributed by atoms with E-state index in [9.17, 15) is 4.79 Å². The number of benzene rings is 1. The number of nitrogens with one attached hydrogen (secondary N) is 1. The number of aromatic nitrogens is 2. The molecule has 1 N–H and O–H groups in total. The summed E-state index contributed by atoms with van der Waals surface area (Å²) in [4.78, 5) is 25.2. The Balaban J connectivity index is 1.69. The Bertz CT molecular complexity index is 714. The average molecular weight is 373 g/mol. The number of piperazine rings is 1. The smallest absolute Gasteiger partial charge is 0.409 e. The van der Waals surface area contributed by atoms with E-state index in [2.05, 4.69) is 19.8 Å². The highest BCUT2D eigenvalue weighted by Gasteiger charge is 2.26. The van der Waals surface area contributed by atoms with Crippen LogP contribution in [0.15, 0.2) is 42.7 Å². The van der Waals surface area contributed by atoms with Gasteiger partial charge in [-0.15, -0.1) is 0 Å². The van der Waals surface area contributed by atoms with E-state index in [0.717, 1.165) is 16.6 Å². The fourth-order valence-corrected chi connectivity index (χ4v) is 3.23. The summed E-state index contributed by atoms with van der Waals surface area (Å²) in [5, 5.41) is 0.733. The van der Waals surface area contributed by atoms with E-state index in [4.69, 9.17) is 17.0 Å². The maximum Gasteiger partial charge on any atom is 0.409 e. The maximum atomic E-state index is 11.9. The minimum Gasteiger partial charge on any atom is -0.450 e. The minimum absolute atomic E-state index is 0.256. The molecule has 0 unspecified atom stereocenters. The first-order valence-electron chi connectivity index (χ1n) is 8.70. The predicted octanol–water partition coefficient (Wildman–Crippen LogP) is 2.48. The number of amides is 1. The van der Waals surface area contributed by atoms with Crippen LogP contribution in [0.3, 0.4) is 0 Å². The first-order chi connectivity index (χ1) is 12.7. The quantitative estimate of drug-likeness (QED) is 0.831. The Kier molecular flexibility index (Phi) is 6.06. The lowest BCUT2D eigenvalue weighted by atomic mass is 10.3. The SMILES string of the molecule is CCOC(=O)N1CCN(C(=S)N(Cc2ncc[nH]2)c2ccccc2)CC1. The number of rotatable bonds is 4. The van der Waals surface area contributed by atoms with Gasteiger partial charge in [0.25, 0.3) is 0 Å². The van der Waals surface area contributed by atoms with Gasteiger partial charge < -0.3 is 24.4 Å².